The molecule has 2 unspecified atom stereocenters. The Morgan fingerprint density at radius 1 is 0.957 bits per heavy atom. The van der Waals surface area contributed by atoms with Crippen LogP contribution in [0.4, 0.5) is 4.79 Å². The van der Waals surface area contributed by atoms with Gasteiger partial charge in [0.1, 0.15) is 11.6 Å². The van der Waals surface area contributed by atoms with Gasteiger partial charge in [-0.3, -0.25) is 10.1 Å². The molecule has 1 aliphatic rings. The van der Waals surface area contributed by atoms with E-state index in [9.17, 15) is 14.7 Å². The summed E-state index contributed by atoms with van der Waals surface area (Å²) in [5.74, 6) is -0.530. The van der Waals surface area contributed by atoms with E-state index in [1.807, 2.05) is 43.3 Å². The topological polar surface area (TPSA) is 78.4 Å². The number of carbonyl (C=O) groups excluding carboxylic acids is 2. The van der Waals surface area contributed by atoms with Gasteiger partial charge in [0.15, 0.2) is 0 Å². The summed E-state index contributed by atoms with van der Waals surface area (Å²) >= 11 is 0. The van der Waals surface area contributed by atoms with Gasteiger partial charge in [0.05, 0.1) is 0 Å². The van der Waals surface area contributed by atoms with Crippen LogP contribution in [0.1, 0.15) is 24.2 Å². The molecular formula is C18H18N2O3. The molecule has 0 aromatic heterocycles. The van der Waals surface area contributed by atoms with Gasteiger partial charge in [-0.2, -0.15) is 0 Å². The highest BCUT2D eigenvalue weighted by Gasteiger charge is 2.48. The molecule has 23 heavy (non-hydrogen) atoms. The number of aryl methyl sites for hydroxylation is 1. The van der Waals surface area contributed by atoms with Crippen LogP contribution in [0.25, 0.3) is 11.1 Å². The van der Waals surface area contributed by atoms with Crippen molar-refractivity contribution in [3.63, 3.8) is 0 Å². The second kappa shape index (κ2) is 5.52. The van der Waals surface area contributed by atoms with E-state index in [0.717, 1.165) is 11.1 Å². The molecule has 0 radical (unpaired) electrons. The Kier molecular flexibility index (Phi) is 3.66. The van der Waals surface area contributed by atoms with E-state index in [4.69, 9.17) is 0 Å². The predicted molar refractivity (Wildman–Crippen MR) is 86.7 cm³/mol. The van der Waals surface area contributed by atoms with Crippen molar-refractivity contribution in [2.24, 2.45) is 0 Å². The number of hydrogen-bond donors (Lipinski definition) is 3. The lowest BCUT2D eigenvalue weighted by atomic mass is 9.89. The Morgan fingerprint density at radius 2 is 1.48 bits per heavy atom. The maximum atomic E-state index is 11.9. The maximum Gasteiger partial charge on any atom is 0.322 e. The van der Waals surface area contributed by atoms with Crippen molar-refractivity contribution in [1.29, 1.82) is 0 Å². The van der Waals surface area contributed by atoms with Crippen molar-refractivity contribution < 1.29 is 14.7 Å². The minimum absolute atomic E-state index is 0.530. The van der Waals surface area contributed by atoms with Gasteiger partial charge in [0.25, 0.3) is 5.91 Å². The molecule has 0 aliphatic carbocycles. The highest BCUT2D eigenvalue weighted by Crippen LogP contribution is 2.30. The lowest BCUT2D eigenvalue weighted by Gasteiger charge is -2.27. The first-order valence-electron chi connectivity index (χ1n) is 7.39. The average Bonchev–Trinajstić information content (AvgIpc) is 2.81. The minimum atomic E-state index is -1.36. The Hall–Kier alpha value is -2.66. The van der Waals surface area contributed by atoms with Crippen molar-refractivity contribution in [3.05, 3.63) is 59.7 Å². The first kappa shape index (κ1) is 15.2. The van der Waals surface area contributed by atoms with Crippen molar-refractivity contribution in [3.8, 4) is 11.1 Å². The van der Waals surface area contributed by atoms with Crippen LogP contribution in [0.5, 0.6) is 0 Å². The van der Waals surface area contributed by atoms with E-state index in [-0.39, 0.29) is 0 Å². The maximum absolute atomic E-state index is 11.9. The molecule has 0 saturated carbocycles. The van der Waals surface area contributed by atoms with E-state index in [1.54, 1.807) is 12.1 Å². The van der Waals surface area contributed by atoms with Crippen molar-refractivity contribution in [2.75, 3.05) is 0 Å². The summed E-state index contributed by atoms with van der Waals surface area (Å²) in [5.41, 5.74) is 2.50. The molecule has 2 atom stereocenters. The summed E-state index contributed by atoms with van der Waals surface area (Å²) < 4.78 is 0. The van der Waals surface area contributed by atoms with E-state index in [1.165, 1.54) is 12.5 Å². The molecule has 3 amide bonds. The zero-order valence-electron chi connectivity index (χ0n) is 13.0. The van der Waals surface area contributed by atoms with E-state index in [2.05, 4.69) is 10.6 Å². The van der Waals surface area contributed by atoms with Gasteiger partial charge in [0.2, 0.25) is 0 Å². The lowest BCUT2D eigenvalue weighted by Crippen LogP contribution is -2.49. The lowest BCUT2D eigenvalue weighted by molar-refractivity contribution is -0.127. The molecular weight excluding hydrogens is 292 g/mol. The van der Waals surface area contributed by atoms with Crippen LogP contribution in [0.3, 0.4) is 0 Å². The normalized spacial score (nSPS) is 21.7. The Bertz CT molecular complexity index is 753. The quantitative estimate of drug-likeness (QED) is 0.761. The zero-order chi connectivity index (χ0) is 16.6. The van der Waals surface area contributed by atoms with Gasteiger partial charge >= 0.3 is 6.03 Å². The number of amides is 3. The number of urea groups is 1. The van der Waals surface area contributed by atoms with Gasteiger partial charge < -0.3 is 10.4 Å². The fraction of sp³-hybridized carbons (Fsp3) is 0.222. The summed E-state index contributed by atoms with van der Waals surface area (Å²) in [6.45, 7) is 3.54. The molecule has 5 nitrogen and oxygen atoms in total. The van der Waals surface area contributed by atoms with Gasteiger partial charge in [-0.05, 0) is 30.5 Å². The summed E-state index contributed by atoms with van der Waals surface area (Å²) in [4.78, 5) is 23.2. The predicted octanol–water partition coefficient (Wildman–Crippen LogP) is 2.29. The van der Waals surface area contributed by atoms with E-state index >= 15 is 0 Å². The molecule has 2 aromatic rings. The van der Waals surface area contributed by atoms with Crippen LogP contribution in [0, 0.1) is 6.92 Å². The first-order valence-corrected chi connectivity index (χ1v) is 7.39. The molecule has 0 spiro atoms. The summed E-state index contributed by atoms with van der Waals surface area (Å²) in [6.07, 6.45) is -1.12. The SMILES string of the molecule is Cc1ccc(-c2ccc(C(O)C3(C)NC(=O)NC3=O)cc2)cc1. The number of aliphatic hydroxyl groups excluding tert-OH is 1. The number of benzene rings is 2. The Labute approximate surface area is 134 Å². The van der Waals surface area contributed by atoms with Crippen LogP contribution >= 0.6 is 0 Å². The number of carbonyl (C=O) groups is 2. The average molecular weight is 310 g/mol. The number of imide groups is 1. The van der Waals surface area contributed by atoms with E-state index in [0.29, 0.717) is 5.56 Å². The van der Waals surface area contributed by atoms with Gasteiger partial charge in [-0.15, -0.1) is 0 Å². The molecule has 1 aliphatic heterocycles. The van der Waals surface area contributed by atoms with Crippen LogP contribution in [-0.2, 0) is 4.79 Å². The molecule has 5 heteroatoms. The van der Waals surface area contributed by atoms with Crippen molar-refractivity contribution >= 4 is 11.9 Å². The molecule has 2 aromatic carbocycles. The monoisotopic (exact) mass is 310 g/mol. The number of aliphatic hydroxyl groups is 1. The van der Waals surface area contributed by atoms with Gasteiger partial charge in [-0.1, -0.05) is 54.1 Å². The summed E-state index contributed by atoms with van der Waals surface area (Å²) in [5, 5.41) is 15.1. The van der Waals surface area contributed by atoms with Crippen LogP contribution in [-0.4, -0.2) is 22.6 Å². The number of rotatable bonds is 3. The highest BCUT2D eigenvalue weighted by molar-refractivity contribution is 6.07. The van der Waals surface area contributed by atoms with Crippen molar-refractivity contribution in [2.45, 2.75) is 25.5 Å². The van der Waals surface area contributed by atoms with Crippen LogP contribution < -0.4 is 10.6 Å². The van der Waals surface area contributed by atoms with Crippen molar-refractivity contribution in [1.82, 2.24) is 10.6 Å². The molecule has 3 rings (SSSR count). The molecule has 118 valence electrons. The standard InChI is InChI=1S/C18H18N2O3/c1-11-3-5-12(6-4-11)13-7-9-14(10-8-13)15(21)18(2)16(22)19-17(23)20-18/h3-10,15,21H,1-2H3,(H2,19,20,22,23). The number of nitrogens with one attached hydrogen (secondary N) is 2. The molecule has 1 saturated heterocycles. The second-order valence-corrected chi connectivity index (χ2v) is 6.00. The third kappa shape index (κ3) is 2.71. The number of hydrogen-bond acceptors (Lipinski definition) is 3. The fourth-order valence-corrected chi connectivity index (χ4v) is 2.69. The largest absolute Gasteiger partial charge is 0.385 e. The highest BCUT2D eigenvalue weighted by atomic mass is 16.3. The third-order valence-electron chi connectivity index (χ3n) is 4.23. The van der Waals surface area contributed by atoms with Gasteiger partial charge in [0, 0.05) is 0 Å². The Morgan fingerprint density at radius 3 is 1.96 bits per heavy atom. The molecule has 3 N–H and O–H groups in total. The third-order valence-corrected chi connectivity index (χ3v) is 4.23. The smallest absolute Gasteiger partial charge is 0.322 e. The fourth-order valence-electron chi connectivity index (χ4n) is 2.69. The molecule has 1 fully saturated rings. The van der Waals surface area contributed by atoms with Gasteiger partial charge in [-0.25, -0.2) is 4.79 Å². The summed E-state index contributed by atoms with van der Waals surface area (Å²) in [6, 6.07) is 14.9. The zero-order valence-corrected chi connectivity index (χ0v) is 13.0. The Balaban J connectivity index is 1.86. The van der Waals surface area contributed by atoms with E-state index < -0.39 is 23.6 Å². The van der Waals surface area contributed by atoms with Crippen LogP contribution in [0.15, 0.2) is 48.5 Å². The molecule has 1 heterocycles. The van der Waals surface area contributed by atoms with Crippen LogP contribution in [0.2, 0.25) is 0 Å². The molecule has 0 bridgehead atoms. The minimum Gasteiger partial charge on any atom is -0.385 e. The summed E-state index contributed by atoms with van der Waals surface area (Å²) in [7, 11) is 0. The first-order chi connectivity index (χ1) is 10.9. The second-order valence-electron chi connectivity index (χ2n) is 6.00.